The molecule has 2 rings (SSSR count). The Balaban J connectivity index is 2.16. The Kier molecular flexibility index (Phi) is 3.66. The van der Waals surface area contributed by atoms with Crippen LogP contribution < -0.4 is 5.73 Å². The summed E-state index contributed by atoms with van der Waals surface area (Å²) in [5, 5.41) is 7.97. The van der Waals surface area contributed by atoms with Crippen LogP contribution in [-0.4, -0.2) is 15.2 Å². The van der Waals surface area contributed by atoms with Crippen LogP contribution in [0.15, 0.2) is 18.2 Å². The number of aromatic nitrogens is 3. The van der Waals surface area contributed by atoms with Crippen molar-refractivity contribution in [3.63, 3.8) is 0 Å². The van der Waals surface area contributed by atoms with Gasteiger partial charge < -0.3 is 5.73 Å². The second-order valence-electron chi connectivity index (χ2n) is 3.85. The molecule has 0 bridgehead atoms. The van der Waals surface area contributed by atoms with Gasteiger partial charge in [0.2, 0.25) is 0 Å². The SMILES string of the molecule is CC(N)c1n[nH]c(Cc2ccc(Cl)c(Cl)c2)n1. The van der Waals surface area contributed by atoms with Crippen LogP contribution in [0.25, 0.3) is 0 Å². The van der Waals surface area contributed by atoms with Crippen molar-refractivity contribution < 1.29 is 0 Å². The second-order valence-corrected chi connectivity index (χ2v) is 4.67. The maximum Gasteiger partial charge on any atom is 0.167 e. The highest BCUT2D eigenvalue weighted by atomic mass is 35.5. The molecule has 90 valence electrons. The molecule has 0 spiro atoms. The van der Waals surface area contributed by atoms with E-state index in [0.29, 0.717) is 22.3 Å². The van der Waals surface area contributed by atoms with Crippen LogP contribution in [-0.2, 0) is 6.42 Å². The van der Waals surface area contributed by atoms with Crippen molar-refractivity contribution in [2.75, 3.05) is 0 Å². The lowest BCUT2D eigenvalue weighted by atomic mass is 10.1. The first-order valence-corrected chi connectivity index (χ1v) is 5.92. The van der Waals surface area contributed by atoms with Gasteiger partial charge in [-0.2, -0.15) is 5.10 Å². The maximum absolute atomic E-state index is 5.94. The molecule has 0 saturated carbocycles. The first kappa shape index (κ1) is 12.4. The van der Waals surface area contributed by atoms with Crippen molar-refractivity contribution in [3.8, 4) is 0 Å². The zero-order valence-corrected chi connectivity index (χ0v) is 10.8. The number of aromatic amines is 1. The van der Waals surface area contributed by atoms with E-state index < -0.39 is 0 Å². The van der Waals surface area contributed by atoms with E-state index >= 15 is 0 Å². The number of rotatable bonds is 3. The van der Waals surface area contributed by atoms with E-state index in [4.69, 9.17) is 28.9 Å². The first-order valence-electron chi connectivity index (χ1n) is 5.17. The van der Waals surface area contributed by atoms with Crippen LogP contribution in [0.3, 0.4) is 0 Å². The van der Waals surface area contributed by atoms with E-state index in [0.717, 1.165) is 11.4 Å². The lowest BCUT2D eigenvalue weighted by Gasteiger charge is -2.00. The molecule has 6 heteroatoms. The van der Waals surface area contributed by atoms with Crippen molar-refractivity contribution in [3.05, 3.63) is 45.5 Å². The molecule has 1 heterocycles. The molecule has 1 aromatic carbocycles. The zero-order valence-electron chi connectivity index (χ0n) is 9.24. The molecule has 1 unspecified atom stereocenters. The number of halogens is 2. The highest BCUT2D eigenvalue weighted by molar-refractivity contribution is 6.42. The van der Waals surface area contributed by atoms with Gasteiger partial charge >= 0.3 is 0 Å². The maximum atomic E-state index is 5.94. The van der Waals surface area contributed by atoms with Crippen LogP contribution >= 0.6 is 23.2 Å². The fraction of sp³-hybridized carbons (Fsp3) is 0.273. The molecule has 0 amide bonds. The quantitative estimate of drug-likeness (QED) is 0.901. The summed E-state index contributed by atoms with van der Waals surface area (Å²) < 4.78 is 0. The Bertz CT molecular complexity index is 522. The van der Waals surface area contributed by atoms with Crippen molar-refractivity contribution in [1.82, 2.24) is 15.2 Å². The second kappa shape index (κ2) is 5.04. The monoisotopic (exact) mass is 270 g/mol. The zero-order chi connectivity index (χ0) is 12.4. The van der Waals surface area contributed by atoms with E-state index in [1.54, 1.807) is 6.07 Å². The molecule has 0 saturated heterocycles. The number of H-pyrrole nitrogens is 1. The van der Waals surface area contributed by atoms with E-state index in [2.05, 4.69) is 15.2 Å². The fourth-order valence-electron chi connectivity index (χ4n) is 1.44. The number of nitrogens with two attached hydrogens (primary N) is 1. The molecule has 1 atom stereocenters. The summed E-state index contributed by atoms with van der Waals surface area (Å²) in [6.45, 7) is 1.84. The topological polar surface area (TPSA) is 67.6 Å². The largest absolute Gasteiger partial charge is 0.321 e. The number of hydrogen-bond donors (Lipinski definition) is 2. The summed E-state index contributed by atoms with van der Waals surface area (Å²) in [5.41, 5.74) is 6.70. The van der Waals surface area contributed by atoms with Gasteiger partial charge in [-0.25, -0.2) is 4.98 Å². The fourth-order valence-corrected chi connectivity index (χ4v) is 1.76. The summed E-state index contributed by atoms with van der Waals surface area (Å²) in [6.07, 6.45) is 0.622. The van der Waals surface area contributed by atoms with Crippen LogP contribution in [0, 0.1) is 0 Å². The molecule has 17 heavy (non-hydrogen) atoms. The Morgan fingerprint density at radius 2 is 2.12 bits per heavy atom. The summed E-state index contributed by atoms with van der Waals surface area (Å²) >= 11 is 11.8. The van der Waals surface area contributed by atoms with Gasteiger partial charge in [-0.1, -0.05) is 29.3 Å². The molecule has 0 fully saturated rings. The van der Waals surface area contributed by atoms with Gasteiger partial charge in [0.1, 0.15) is 5.82 Å². The molecule has 4 nitrogen and oxygen atoms in total. The molecule has 2 aromatic rings. The first-order chi connectivity index (χ1) is 8.06. The lowest BCUT2D eigenvalue weighted by molar-refractivity contribution is 0.744. The predicted octanol–water partition coefficient (Wildman–Crippen LogP) is 2.72. The van der Waals surface area contributed by atoms with Crippen molar-refractivity contribution >= 4 is 23.2 Å². The Hall–Kier alpha value is -1.10. The molecule has 0 aliphatic rings. The standard InChI is InChI=1S/C11H12Cl2N4/c1-6(14)11-15-10(16-17-11)5-7-2-3-8(12)9(13)4-7/h2-4,6H,5,14H2,1H3,(H,15,16,17). The average Bonchev–Trinajstić information content (AvgIpc) is 2.72. The average molecular weight is 271 g/mol. The summed E-state index contributed by atoms with van der Waals surface area (Å²) in [4.78, 5) is 4.29. The van der Waals surface area contributed by atoms with E-state index in [9.17, 15) is 0 Å². The Morgan fingerprint density at radius 3 is 2.71 bits per heavy atom. The summed E-state index contributed by atoms with van der Waals surface area (Å²) in [6, 6.07) is 5.32. The van der Waals surface area contributed by atoms with E-state index in [1.807, 2.05) is 19.1 Å². The Labute approximate surface area is 109 Å². The molecule has 1 aromatic heterocycles. The predicted molar refractivity (Wildman–Crippen MR) is 68.3 cm³/mol. The normalized spacial score (nSPS) is 12.7. The molecular weight excluding hydrogens is 259 g/mol. The number of nitrogens with one attached hydrogen (secondary N) is 1. The van der Waals surface area contributed by atoms with Gasteiger partial charge in [-0.05, 0) is 24.6 Å². The minimum Gasteiger partial charge on any atom is -0.321 e. The highest BCUT2D eigenvalue weighted by Gasteiger charge is 2.08. The third-order valence-corrected chi connectivity index (χ3v) is 3.05. The number of benzene rings is 1. The van der Waals surface area contributed by atoms with Crippen molar-refractivity contribution in [2.24, 2.45) is 5.73 Å². The van der Waals surface area contributed by atoms with Crippen LogP contribution in [0.4, 0.5) is 0 Å². The van der Waals surface area contributed by atoms with Gasteiger partial charge in [0, 0.05) is 6.42 Å². The van der Waals surface area contributed by atoms with Gasteiger partial charge in [-0.15, -0.1) is 0 Å². The van der Waals surface area contributed by atoms with Crippen LogP contribution in [0.2, 0.25) is 10.0 Å². The van der Waals surface area contributed by atoms with Crippen LogP contribution in [0.5, 0.6) is 0 Å². The summed E-state index contributed by atoms with van der Waals surface area (Å²) in [5.74, 6) is 1.37. The van der Waals surface area contributed by atoms with Crippen molar-refractivity contribution in [1.29, 1.82) is 0 Å². The van der Waals surface area contributed by atoms with Crippen molar-refractivity contribution in [2.45, 2.75) is 19.4 Å². The highest BCUT2D eigenvalue weighted by Crippen LogP contribution is 2.23. The third kappa shape index (κ3) is 2.97. The van der Waals surface area contributed by atoms with Gasteiger partial charge in [0.15, 0.2) is 5.82 Å². The van der Waals surface area contributed by atoms with Crippen LogP contribution in [0.1, 0.15) is 30.2 Å². The number of nitrogens with zero attached hydrogens (tertiary/aromatic N) is 2. The van der Waals surface area contributed by atoms with Gasteiger partial charge in [0.25, 0.3) is 0 Å². The van der Waals surface area contributed by atoms with E-state index in [-0.39, 0.29) is 6.04 Å². The molecular formula is C11H12Cl2N4. The molecule has 0 aliphatic carbocycles. The van der Waals surface area contributed by atoms with E-state index in [1.165, 1.54) is 0 Å². The smallest absolute Gasteiger partial charge is 0.167 e. The van der Waals surface area contributed by atoms with Gasteiger partial charge in [0.05, 0.1) is 16.1 Å². The third-order valence-electron chi connectivity index (χ3n) is 2.31. The molecule has 0 radical (unpaired) electrons. The minimum atomic E-state index is -0.172. The number of hydrogen-bond acceptors (Lipinski definition) is 3. The minimum absolute atomic E-state index is 0.172. The molecule has 0 aliphatic heterocycles. The molecule has 3 N–H and O–H groups in total. The summed E-state index contributed by atoms with van der Waals surface area (Å²) in [7, 11) is 0. The lowest BCUT2D eigenvalue weighted by Crippen LogP contribution is -2.06. The van der Waals surface area contributed by atoms with Gasteiger partial charge in [-0.3, -0.25) is 5.10 Å². The Morgan fingerprint density at radius 1 is 1.35 bits per heavy atom.